The fraction of sp³-hybridized carbons (Fsp3) is 0.200. The van der Waals surface area contributed by atoms with Gasteiger partial charge in [0.2, 0.25) is 0 Å². The maximum absolute atomic E-state index is 12.0. The van der Waals surface area contributed by atoms with Crippen molar-refractivity contribution in [3.05, 3.63) is 75.3 Å². The molecule has 0 saturated carbocycles. The number of nitro groups is 1. The average molecular weight is 383 g/mol. The Bertz CT molecular complexity index is 942. The van der Waals surface area contributed by atoms with Gasteiger partial charge in [0.15, 0.2) is 5.75 Å². The number of ether oxygens (including phenoxy) is 3. The molecule has 144 valence electrons. The zero-order chi connectivity index (χ0) is 20.3. The number of esters is 2. The molecule has 0 radical (unpaired) electrons. The van der Waals surface area contributed by atoms with Crippen LogP contribution in [0.5, 0.6) is 5.75 Å². The van der Waals surface area contributed by atoms with E-state index in [1.807, 2.05) is 30.3 Å². The van der Waals surface area contributed by atoms with Crippen molar-refractivity contribution in [3.63, 3.8) is 0 Å². The normalized spacial score (nSPS) is 15.4. The molecule has 0 aliphatic carbocycles. The van der Waals surface area contributed by atoms with Gasteiger partial charge in [-0.2, -0.15) is 0 Å². The van der Waals surface area contributed by atoms with Gasteiger partial charge < -0.3 is 14.2 Å². The Hall–Kier alpha value is -3.68. The largest absolute Gasteiger partial charge is 0.482 e. The van der Waals surface area contributed by atoms with E-state index in [0.29, 0.717) is 0 Å². The number of nitro benzene ring substituents is 1. The van der Waals surface area contributed by atoms with Crippen LogP contribution in [0.1, 0.15) is 25.0 Å². The van der Waals surface area contributed by atoms with E-state index in [1.165, 1.54) is 38.1 Å². The Morgan fingerprint density at radius 3 is 2.32 bits per heavy atom. The van der Waals surface area contributed by atoms with Gasteiger partial charge in [-0.3, -0.25) is 10.1 Å². The van der Waals surface area contributed by atoms with Gasteiger partial charge in [-0.25, -0.2) is 9.59 Å². The van der Waals surface area contributed by atoms with Crippen molar-refractivity contribution < 1.29 is 28.7 Å². The Morgan fingerprint density at radius 2 is 1.71 bits per heavy atom. The van der Waals surface area contributed by atoms with Gasteiger partial charge in [0.1, 0.15) is 12.2 Å². The van der Waals surface area contributed by atoms with Crippen molar-refractivity contribution in [1.82, 2.24) is 0 Å². The second-order valence-electron chi connectivity index (χ2n) is 6.50. The highest BCUT2D eigenvalue weighted by molar-refractivity contribution is 6.18. The fourth-order valence-electron chi connectivity index (χ4n) is 2.57. The lowest BCUT2D eigenvalue weighted by Gasteiger charge is -2.29. The summed E-state index contributed by atoms with van der Waals surface area (Å²) in [7, 11) is 0. The minimum Gasteiger partial charge on any atom is -0.482 e. The van der Waals surface area contributed by atoms with Crippen LogP contribution in [-0.2, 0) is 25.7 Å². The first kappa shape index (κ1) is 19.1. The summed E-state index contributed by atoms with van der Waals surface area (Å²) in [6, 6.07) is 13.3. The molecule has 1 saturated heterocycles. The molecule has 0 amide bonds. The molecular weight excluding hydrogens is 366 g/mol. The Labute approximate surface area is 160 Å². The van der Waals surface area contributed by atoms with E-state index in [-0.39, 0.29) is 29.2 Å². The third-order valence-electron chi connectivity index (χ3n) is 3.84. The van der Waals surface area contributed by atoms with E-state index in [1.54, 1.807) is 0 Å². The first-order valence-corrected chi connectivity index (χ1v) is 8.39. The summed E-state index contributed by atoms with van der Waals surface area (Å²) in [5, 5.41) is 11.4. The van der Waals surface area contributed by atoms with Crippen LogP contribution in [0.15, 0.2) is 54.1 Å². The predicted octanol–water partition coefficient (Wildman–Crippen LogP) is 3.39. The van der Waals surface area contributed by atoms with Crippen LogP contribution < -0.4 is 4.74 Å². The molecule has 0 atom stereocenters. The molecule has 0 N–H and O–H groups in total. The molecule has 1 aliphatic heterocycles. The van der Waals surface area contributed by atoms with Gasteiger partial charge in [-0.15, -0.1) is 0 Å². The number of nitrogens with zero attached hydrogens (tertiary/aromatic N) is 1. The molecule has 0 spiro atoms. The monoisotopic (exact) mass is 383 g/mol. The highest BCUT2D eigenvalue weighted by atomic mass is 16.7. The van der Waals surface area contributed by atoms with Crippen LogP contribution >= 0.6 is 0 Å². The molecule has 8 heteroatoms. The Morgan fingerprint density at radius 1 is 1.07 bits per heavy atom. The number of cyclic esters (lactones) is 2. The molecule has 1 fully saturated rings. The van der Waals surface area contributed by atoms with E-state index in [9.17, 15) is 19.7 Å². The molecule has 8 nitrogen and oxygen atoms in total. The van der Waals surface area contributed by atoms with Gasteiger partial charge in [0, 0.05) is 19.9 Å². The molecule has 0 bridgehead atoms. The van der Waals surface area contributed by atoms with Crippen molar-refractivity contribution in [2.45, 2.75) is 26.2 Å². The standard InChI is InChI=1S/C20H17NO7/c1-20(2)27-18(22)15(19(23)28-20)10-14-8-9-17(16(11-14)21(24)25)26-12-13-6-4-3-5-7-13/h3-11H,12H2,1-2H3. The van der Waals surface area contributed by atoms with Crippen LogP contribution in [0.4, 0.5) is 5.69 Å². The van der Waals surface area contributed by atoms with Gasteiger partial charge in [-0.1, -0.05) is 36.4 Å². The number of carbonyl (C=O) groups is 2. The average Bonchev–Trinajstić information content (AvgIpc) is 2.63. The summed E-state index contributed by atoms with van der Waals surface area (Å²) in [5.74, 6) is -2.99. The van der Waals surface area contributed by atoms with Gasteiger partial charge in [0.25, 0.3) is 5.79 Å². The number of hydrogen-bond acceptors (Lipinski definition) is 7. The van der Waals surface area contributed by atoms with E-state index in [0.717, 1.165) is 5.56 Å². The van der Waals surface area contributed by atoms with E-state index >= 15 is 0 Å². The third-order valence-corrected chi connectivity index (χ3v) is 3.84. The highest BCUT2D eigenvalue weighted by Gasteiger charge is 2.38. The molecule has 0 unspecified atom stereocenters. The molecule has 2 aromatic carbocycles. The highest BCUT2D eigenvalue weighted by Crippen LogP contribution is 2.31. The third kappa shape index (κ3) is 4.35. The summed E-state index contributed by atoms with van der Waals surface area (Å²) in [5.41, 5.74) is 0.496. The van der Waals surface area contributed by atoms with Crippen LogP contribution in [-0.4, -0.2) is 22.6 Å². The molecule has 1 aliphatic rings. The minimum absolute atomic E-state index is 0.0749. The molecule has 1 heterocycles. The second-order valence-corrected chi connectivity index (χ2v) is 6.50. The number of rotatable bonds is 5. The first-order valence-electron chi connectivity index (χ1n) is 8.39. The SMILES string of the molecule is CC1(C)OC(=O)C(=Cc2ccc(OCc3ccccc3)c([N+](=O)[O-])c2)C(=O)O1. The summed E-state index contributed by atoms with van der Waals surface area (Å²) < 4.78 is 15.6. The van der Waals surface area contributed by atoms with Gasteiger partial charge >= 0.3 is 17.6 Å². The van der Waals surface area contributed by atoms with E-state index in [2.05, 4.69) is 0 Å². The molecule has 3 rings (SSSR count). The summed E-state index contributed by atoms with van der Waals surface area (Å²) in [6.07, 6.45) is 1.19. The number of hydrogen-bond donors (Lipinski definition) is 0. The maximum Gasteiger partial charge on any atom is 0.348 e. The summed E-state index contributed by atoms with van der Waals surface area (Å²) >= 11 is 0. The second kappa shape index (κ2) is 7.51. The van der Waals surface area contributed by atoms with Crippen molar-refractivity contribution in [3.8, 4) is 5.75 Å². The Kier molecular flexibility index (Phi) is 5.12. The lowest BCUT2D eigenvalue weighted by Crippen LogP contribution is -2.41. The van der Waals surface area contributed by atoms with Crippen LogP contribution in [0, 0.1) is 10.1 Å². The summed E-state index contributed by atoms with van der Waals surface area (Å²) in [4.78, 5) is 34.9. The van der Waals surface area contributed by atoms with Crippen LogP contribution in [0.2, 0.25) is 0 Å². The number of carbonyl (C=O) groups excluding carboxylic acids is 2. The molecule has 2 aromatic rings. The van der Waals surface area contributed by atoms with Crippen LogP contribution in [0.25, 0.3) is 6.08 Å². The fourth-order valence-corrected chi connectivity index (χ4v) is 2.57. The van der Waals surface area contributed by atoms with Crippen molar-refractivity contribution in [2.24, 2.45) is 0 Å². The Balaban J connectivity index is 1.85. The van der Waals surface area contributed by atoms with Crippen molar-refractivity contribution in [1.29, 1.82) is 0 Å². The van der Waals surface area contributed by atoms with Crippen molar-refractivity contribution in [2.75, 3.05) is 0 Å². The summed E-state index contributed by atoms with van der Waals surface area (Å²) in [6.45, 7) is 3.03. The lowest BCUT2D eigenvalue weighted by molar-refractivity contribution is -0.386. The maximum atomic E-state index is 12.0. The van der Waals surface area contributed by atoms with E-state index in [4.69, 9.17) is 14.2 Å². The first-order chi connectivity index (χ1) is 13.2. The quantitative estimate of drug-likeness (QED) is 0.256. The van der Waals surface area contributed by atoms with Crippen molar-refractivity contribution >= 4 is 23.7 Å². The van der Waals surface area contributed by atoms with Gasteiger partial charge in [0.05, 0.1) is 4.92 Å². The predicted molar refractivity (Wildman–Crippen MR) is 98.1 cm³/mol. The molecular formula is C20H17NO7. The number of benzene rings is 2. The lowest BCUT2D eigenvalue weighted by atomic mass is 10.1. The zero-order valence-corrected chi connectivity index (χ0v) is 15.2. The smallest absolute Gasteiger partial charge is 0.348 e. The zero-order valence-electron chi connectivity index (χ0n) is 15.2. The topological polar surface area (TPSA) is 105 Å². The minimum atomic E-state index is -1.35. The van der Waals surface area contributed by atoms with E-state index < -0.39 is 22.6 Å². The molecule has 28 heavy (non-hydrogen) atoms. The van der Waals surface area contributed by atoms with Gasteiger partial charge in [-0.05, 0) is 23.3 Å². The molecule has 0 aromatic heterocycles. The van der Waals surface area contributed by atoms with Crippen LogP contribution in [0.3, 0.4) is 0 Å².